The molecule has 7 atom stereocenters. The first-order chi connectivity index (χ1) is 18.9. The molecule has 0 radical (unpaired) electrons. The standard InChI is InChI=1S/C31H35F3N2O4/c1-4-16-36(3)17-15-29-22-11-8-12-24(29)39-27-25(29)21(18-23(22)36)13-14-30(27,38)35-28(37)26(40-31(32,33)34)19(2)20-9-6-5-7-10-20/h4-7,9-10,13-14,22-24,27,38H,1,8,11-12,15-18H2,2-3H3/p+1/t22-,23+,24-,27?,29+,30?,36?/m0/s1. The number of aliphatic hydroxyl groups is 1. The van der Waals surface area contributed by atoms with E-state index < -0.39 is 29.9 Å². The Morgan fingerprint density at radius 3 is 2.75 bits per heavy atom. The smallest absolute Gasteiger partial charge is 0.400 e. The lowest BCUT2D eigenvalue weighted by Gasteiger charge is -2.61. The summed E-state index contributed by atoms with van der Waals surface area (Å²) in [4.78, 5) is 13.5. The first-order valence-electron chi connectivity index (χ1n) is 14.0. The van der Waals surface area contributed by atoms with Crippen LogP contribution in [-0.2, 0) is 14.3 Å². The summed E-state index contributed by atoms with van der Waals surface area (Å²) >= 11 is 0. The summed E-state index contributed by atoms with van der Waals surface area (Å²) in [5, 5.41) is 14.4. The lowest BCUT2D eigenvalue weighted by Crippen LogP contribution is -2.69. The van der Waals surface area contributed by atoms with Crippen molar-refractivity contribution in [3.05, 3.63) is 77.6 Å². The Morgan fingerprint density at radius 2 is 2.05 bits per heavy atom. The number of halogens is 3. The van der Waals surface area contributed by atoms with Crippen LogP contribution in [0.25, 0.3) is 5.57 Å². The molecule has 1 saturated carbocycles. The molecule has 9 heteroatoms. The highest BCUT2D eigenvalue weighted by Crippen LogP contribution is 2.66. The minimum Gasteiger partial charge on any atom is -0.400 e. The van der Waals surface area contributed by atoms with E-state index in [0.717, 1.165) is 60.8 Å². The van der Waals surface area contributed by atoms with Gasteiger partial charge in [0.1, 0.15) is 6.10 Å². The van der Waals surface area contributed by atoms with E-state index in [-0.39, 0.29) is 17.1 Å². The van der Waals surface area contributed by atoms with Crippen LogP contribution in [0.2, 0.25) is 0 Å². The first kappa shape index (κ1) is 27.3. The second kappa shape index (κ2) is 9.33. The predicted octanol–water partition coefficient (Wildman–Crippen LogP) is 4.99. The number of alkyl halides is 3. The topological polar surface area (TPSA) is 67.8 Å². The number of nitrogens with one attached hydrogen (secondary N) is 1. The van der Waals surface area contributed by atoms with Crippen LogP contribution in [0.5, 0.6) is 0 Å². The van der Waals surface area contributed by atoms with Gasteiger partial charge in [-0.25, -0.2) is 0 Å². The zero-order chi connectivity index (χ0) is 28.5. The highest BCUT2D eigenvalue weighted by molar-refractivity contribution is 5.99. The Hall–Kier alpha value is -2.88. The van der Waals surface area contributed by atoms with E-state index in [1.54, 1.807) is 30.3 Å². The maximum absolute atomic E-state index is 13.5. The molecule has 1 aromatic rings. The van der Waals surface area contributed by atoms with Crippen LogP contribution in [0.3, 0.4) is 0 Å². The number of hydrogen-bond acceptors (Lipinski definition) is 4. The molecule has 2 heterocycles. The van der Waals surface area contributed by atoms with Crippen molar-refractivity contribution < 1.29 is 37.0 Å². The van der Waals surface area contributed by atoms with Crippen molar-refractivity contribution in [2.45, 2.75) is 69.4 Å². The molecule has 2 aliphatic heterocycles. The Morgan fingerprint density at radius 1 is 1.30 bits per heavy atom. The zero-order valence-electron chi connectivity index (χ0n) is 22.8. The lowest BCUT2D eigenvalue weighted by atomic mass is 9.50. The van der Waals surface area contributed by atoms with Gasteiger partial charge in [-0.05, 0) is 48.6 Å². The molecule has 3 unspecified atom stereocenters. The fourth-order valence-corrected chi connectivity index (χ4v) is 8.43. The average molecular weight is 558 g/mol. The number of nitrogens with zero attached hydrogens (tertiary/aromatic N) is 1. The maximum Gasteiger partial charge on any atom is 0.573 e. The molecule has 2 saturated heterocycles. The van der Waals surface area contributed by atoms with E-state index in [2.05, 4.69) is 23.7 Å². The summed E-state index contributed by atoms with van der Waals surface area (Å²) in [7, 11) is 2.30. The molecule has 3 aliphatic carbocycles. The summed E-state index contributed by atoms with van der Waals surface area (Å²) in [6, 6.07) is 8.64. The molecular weight excluding hydrogens is 521 g/mol. The van der Waals surface area contributed by atoms with E-state index >= 15 is 0 Å². The third-order valence-corrected chi connectivity index (χ3v) is 10.1. The van der Waals surface area contributed by atoms with E-state index in [4.69, 9.17) is 4.74 Å². The number of piperidine rings is 1. The van der Waals surface area contributed by atoms with Gasteiger partial charge in [0.25, 0.3) is 5.91 Å². The van der Waals surface area contributed by atoms with Gasteiger partial charge in [0.2, 0.25) is 0 Å². The van der Waals surface area contributed by atoms with Gasteiger partial charge in [-0.1, -0.05) is 49.4 Å². The number of benzene rings is 1. The molecule has 1 spiro atoms. The fourth-order valence-electron chi connectivity index (χ4n) is 8.43. The second-order valence-corrected chi connectivity index (χ2v) is 12.2. The summed E-state index contributed by atoms with van der Waals surface area (Å²) in [5.41, 5.74) is 0.281. The van der Waals surface area contributed by atoms with Crippen molar-refractivity contribution in [1.82, 2.24) is 5.32 Å². The fraction of sp³-hybridized carbons (Fsp3) is 0.516. The maximum atomic E-state index is 13.5. The molecule has 6 rings (SSSR count). The summed E-state index contributed by atoms with van der Waals surface area (Å²) < 4.78 is 52.1. The van der Waals surface area contributed by atoms with Crippen molar-refractivity contribution in [1.29, 1.82) is 0 Å². The normalized spacial score (nSPS) is 38.4. The van der Waals surface area contributed by atoms with E-state index in [9.17, 15) is 23.1 Å². The number of rotatable bonds is 6. The Kier molecular flexibility index (Phi) is 6.36. The van der Waals surface area contributed by atoms with Crippen molar-refractivity contribution in [3.8, 4) is 0 Å². The van der Waals surface area contributed by atoms with Gasteiger partial charge < -0.3 is 24.4 Å². The van der Waals surface area contributed by atoms with Crippen LogP contribution >= 0.6 is 0 Å². The summed E-state index contributed by atoms with van der Waals surface area (Å²) in [6.45, 7) is 7.23. The molecule has 1 amide bonds. The highest BCUT2D eigenvalue weighted by Gasteiger charge is 2.70. The minimum atomic E-state index is -5.09. The van der Waals surface area contributed by atoms with Crippen molar-refractivity contribution in [3.63, 3.8) is 0 Å². The Bertz CT molecular complexity index is 1320. The molecular formula is C31H36F3N2O4+. The van der Waals surface area contributed by atoms with Gasteiger partial charge >= 0.3 is 6.36 Å². The SMILES string of the molecule is C=CC[N+]1(C)CC[C@]23C4=C5C=CC(O)(NC(=O)C(OC(F)(F)F)=C(C)c6ccccc6)C4O[C@H]2CCC[C@H]3[C@H]1C5. The number of ether oxygens (including phenoxy) is 2. The van der Waals surface area contributed by atoms with Gasteiger partial charge in [-0.15, -0.1) is 13.2 Å². The molecule has 2 bridgehead atoms. The largest absolute Gasteiger partial charge is 0.573 e. The number of hydrogen-bond donors (Lipinski definition) is 2. The molecule has 2 N–H and O–H groups in total. The molecule has 40 heavy (non-hydrogen) atoms. The van der Waals surface area contributed by atoms with Crippen LogP contribution in [0.4, 0.5) is 13.2 Å². The Balaban J connectivity index is 1.37. The van der Waals surface area contributed by atoms with Crippen LogP contribution in [0.1, 0.15) is 44.6 Å². The first-order valence-corrected chi connectivity index (χ1v) is 14.0. The second-order valence-electron chi connectivity index (χ2n) is 12.2. The zero-order valence-corrected chi connectivity index (χ0v) is 22.8. The molecule has 214 valence electrons. The molecule has 6 nitrogen and oxygen atoms in total. The van der Waals surface area contributed by atoms with Crippen LogP contribution in [-0.4, -0.2) is 66.0 Å². The quantitative estimate of drug-likeness (QED) is 0.170. The van der Waals surface area contributed by atoms with E-state index in [1.807, 2.05) is 12.2 Å². The van der Waals surface area contributed by atoms with Crippen LogP contribution in [0, 0.1) is 11.3 Å². The monoisotopic (exact) mass is 557 g/mol. The predicted molar refractivity (Wildman–Crippen MR) is 143 cm³/mol. The van der Waals surface area contributed by atoms with Gasteiger partial charge in [-0.2, -0.15) is 0 Å². The number of quaternary nitrogens is 1. The van der Waals surface area contributed by atoms with Crippen molar-refractivity contribution >= 4 is 11.5 Å². The molecule has 0 aromatic heterocycles. The van der Waals surface area contributed by atoms with E-state index in [1.165, 1.54) is 13.0 Å². The number of carbonyl (C=O) groups is 1. The third kappa shape index (κ3) is 4.08. The van der Waals surface area contributed by atoms with E-state index in [0.29, 0.717) is 17.5 Å². The van der Waals surface area contributed by atoms with Gasteiger partial charge in [-0.3, -0.25) is 4.79 Å². The number of allylic oxidation sites excluding steroid dienone is 2. The summed E-state index contributed by atoms with van der Waals surface area (Å²) in [5.74, 6) is -1.70. The minimum absolute atomic E-state index is 0.00504. The highest BCUT2D eigenvalue weighted by atomic mass is 19.4. The number of likely N-dealkylation sites (N-methyl/N-ethyl adjacent to an activating group) is 1. The van der Waals surface area contributed by atoms with Gasteiger partial charge in [0, 0.05) is 29.7 Å². The van der Waals surface area contributed by atoms with Crippen LogP contribution < -0.4 is 5.32 Å². The van der Waals surface area contributed by atoms with Crippen molar-refractivity contribution in [2.24, 2.45) is 11.3 Å². The number of carbonyl (C=O) groups excluding carboxylic acids is 1. The van der Waals surface area contributed by atoms with Crippen molar-refractivity contribution in [2.75, 3.05) is 20.1 Å². The van der Waals surface area contributed by atoms with Crippen LogP contribution in [0.15, 0.2) is 72.0 Å². The summed E-state index contributed by atoms with van der Waals surface area (Å²) in [6.07, 6.45) is 3.88. The third-order valence-electron chi connectivity index (χ3n) is 10.1. The van der Waals surface area contributed by atoms with Gasteiger partial charge in [0.05, 0.1) is 32.3 Å². The molecule has 5 aliphatic rings. The van der Waals surface area contributed by atoms with Gasteiger partial charge in [0.15, 0.2) is 11.5 Å². The molecule has 1 aromatic carbocycles. The number of likely N-dealkylation sites (tertiary alicyclic amines) is 1. The lowest BCUT2D eigenvalue weighted by molar-refractivity contribution is -0.940. The number of amides is 1. The Labute approximate surface area is 232 Å². The molecule has 3 fully saturated rings. The average Bonchev–Trinajstić information content (AvgIpc) is 3.26.